The Labute approximate surface area is 288 Å². The zero-order chi connectivity index (χ0) is 34.8. The van der Waals surface area contributed by atoms with Crippen molar-refractivity contribution < 1.29 is 19.8 Å². The summed E-state index contributed by atoms with van der Waals surface area (Å²) in [6, 6.07) is 32.4. The SMILES string of the molecule is Cc1ccc(C)n1-c1ccc(C(O)CNC(C)Cc2ccc(CC(=O)NCc3ccc(C(=O)NC[C@H](O)c4ccccc4)cc3)cc2)cn1. The van der Waals surface area contributed by atoms with E-state index in [-0.39, 0.29) is 30.8 Å². The van der Waals surface area contributed by atoms with E-state index in [0.717, 1.165) is 51.4 Å². The van der Waals surface area contributed by atoms with Crippen molar-refractivity contribution in [2.75, 3.05) is 13.1 Å². The van der Waals surface area contributed by atoms with Crippen LogP contribution in [0.2, 0.25) is 0 Å². The number of nitrogens with one attached hydrogen (secondary N) is 3. The van der Waals surface area contributed by atoms with Crippen molar-refractivity contribution in [1.82, 2.24) is 25.5 Å². The van der Waals surface area contributed by atoms with E-state index in [0.29, 0.717) is 18.7 Å². The fourth-order valence-electron chi connectivity index (χ4n) is 5.71. The van der Waals surface area contributed by atoms with Gasteiger partial charge >= 0.3 is 0 Å². The van der Waals surface area contributed by atoms with Crippen LogP contribution < -0.4 is 16.0 Å². The van der Waals surface area contributed by atoms with Crippen LogP contribution in [-0.2, 0) is 24.2 Å². The number of carbonyl (C=O) groups is 2. The number of aryl methyl sites for hydroxylation is 2. The van der Waals surface area contributed by atoms with E-state index in [4.69, 9.17) is 0 Å². The normalized spacial score (nSPS) is 13.0. The molecule has 0 spiro atoms. The average molecular weight is 660 g/mol. The molecule has 2 unspecified atom stereocenters. The third kappa shape index (κ3) is 9.96. The first-order valence-electron chi connectivity index (χ1n) is 16.6. The molecule has 0 aliphatic rings. The maximum absolute atomic E-state index is 12.6. The monoisotopic (exact) mass is 659 g/mol. The topological polar surface area (TPSA) is 129 Å². The Hall–Kier alpha value is -5.09. The molecular weight excluding hydrogens is 614 g/mol. The lowest BCUT2D eigenvalue weighted by atomic mass is 10.0. The minimum atomic E-state index is -0.778. The zero-order valence-corrected chi connectivity index (χ0v) is 28.3. The lowest BCUT2D eigenvalue weighted by Gasteiger charge is -2.18. The quantitative estimate of drug-likeness (QED) is 0.107. The molecule has 0 radical (unpaired) electrons. The van der Waals surface area contributed by atoms with Crippen molar-refractivity contribution in [3.63, 3.8) is 0 Å². The number of pyridine rings is 1. The first-order chi connectivity index (χ1) is 23.7. The molecule has 0 saturated carbocycles. The molecule has 5 aromatic rings. The van der Waals surface area contributed by atoms with Gasteiger partial charge in [0.15, 0.2) is 0 Å². The Kier molecular flexibility index (Phi) is 12.1. The molecule has 2 heterocycles. The molecule has 0 aliphatic carbocycles. The maximum atomic E-state index is 12.6. The van der Waals surface area contributed by atoms with Crippen LogP contribution in [0.4, 0.5) is 0 Å². The van der Waals surface area contributed by atoms with Gasteiger partial charge in [0, 0.05) is 54.4 Å². The number of aliphatic hydroxyl groups excluding tert-OH is 2. The number of rotatable bonds is 15. The Morgan fingerprint density at radius 2 is 1.35 bits per heavy atom. The molecule has 3 atom stereocenters. The molecule has 0 bridgehead atoms. The minimum absolute atomic E-state index is 0.0883. The molecule has 0 aliphatic heterocycles. The highest BCUT2D eigenvalue weighted by molar-refractivity contribution is 5.94. The standard InChI is InChI=1S/C40H45N5O4/c1-27(41-25-37(47)35-19-20-38(42-24-35)45-28(2)9-10-29(45)3)21-30-11-13-31(14-12-30)22-39(48)43-23-32-15-17-34(18-16-32)40(49)44-26-36(46)33-7-5-4-6-8-33/h4-20,24,27,36-37,41,46-47H,21-23,25-26H2,1-3H3,(H,43,48)(H,44,49)/t27?,36-,37?/m0/s1. The molecule has 0 fully saturated rings. The molecule has 254 valence electrons. The molecule has 5 N–H and O–H groups in total. The predicted molar refractivity (Wildman–Crippen MR) is 191 cm³/mol. The number of nitrogens with zero attached hydrogens (tertiary/aromatic N) is 2. The lowest BCUT2D eigenvalue weighted by Crippen LogP contribution is -2.32. The summed E-state index contributed by atoms with van der Waals surface area (Å²) in [5, 5.41) is 30.1. The number of aliphatic hydroxyl groups is 2. The van der Waals surface area contributed by atoms with E-state index >= 15 is 0 Å². The van der Waals surface area contributed by atoms with Crippen molar-refractivity contribution >= 4 is 11.8 Å². The van der Waals surface area contributed by atoms with E-state index < -0.39 is 12.2 Å². The van der Waals surface area contributed by atoms with Crippen LogP contribution in [0.15, 0.2) is 109 Å². The first kappa shape index (κ1) is 35.2. The Bertz CT molecular complexity index is 1780. The molecular formula is C40H45N5O4. The number of carbonyl (C=O) groups excluding carboxylic acids is 2. The van der Waals surface area contributed by atoms with Gasteiger partial charge in [-0.25, -0.2) is 4.98 Å². The van der Waals surface area contributed by atoms with Crippen molar-refractivity contribution in [3.8, 4) is 5.82 Å². The number of benzene rings is 3. The van der Waals surface area contributed by atoms with Crippen LogP contribution in [0.25, 0.3) is 5.82 Å². The highest BCUT2D eigenvalue weighted by Gasteiger charge is 2.14. The van der Waals surface area contributed by atoms with Crippen molar-refractivity contribution in [2.24, 2.45) is 0 Å². The van der Waals surface area contributed by atoms with E-state index in [9.17, 15) is 19.8 Å². The van der Waals surface area contributed by atoms with Gasteiger partial charge in [-0.3, -0.25) is 9.59 Å². The van der Waals surface area contributed by atoms with Crippen molar-refractivity contribution in [2.45, 2.75) is 58.4 Å². The van der Waals surface area contributed by atoms with Crippen LogP contribution in [0.3, 0.4) is 0 Å². The summed E-state index contributed by atoms with van der Waals surface area (Å²) < 4.78 is 2.08. The third-order valence-electron chi connectivity index (χ3n) is 8.59. The number of amides is 2. The van der Waals surface area contributed by atoms with Gasteiger partial charge in [0.1, 0.15) is 5.82 Å². The molecule has 5 rings (SSSR count). The summed E-state index contributed by atoms with van der Waals surface area (Å²) in [5.41, 5.74) is 7.17. The summed E-state index contributed by atoms with van der Waals surface area (Å²) in [4.78, 5) is 29.7. The summed E-state index contributed by atoms with van der Waals surface area (Å²) >= 11 is 0. The van der Waals surface area contributed by atoms with Crippen LogP contribution in [0, 0.1) is 13.8 Å². The molecule has 9 heteroatoms. The summed E-state index contributed by atoms with van der Waals surface area (Å²) in [6.45, 7) is 7.06. The molecule has 49 heavy (non-hydrogen) atoms. The van der Waals surface area contributed by atoms with Gasteiger partial charge < -0.3 is 30.7 Å². The van der Waals surface area contributed by atoms with Gasteiger partial charge in [-0.15, -0.1) is 0 Å². The van der Waals surface area contributed by atoms with Crippen LogP contribution in [0.5, 0.6) is 0 Å². The Morgan fingerprint density at radius 1 is 0.714 bits per heavy atom. The average Bonchev–Trinajstić information content (AvgIpc) is 3.46. The predicted octanol–water partition coefficient (Wildman–Crippen LogP) is 5.07. The molecule has 2 aromatic heterocycles. The Morgan fingerprint density at radius 3 is 2.00 bits per heavy atom. The fraction of sp³-hybridized carbons (Fsp3) is 0.275. The summed E-state index contributed by atoms with van der Waals surface area (Å²) in [6.07, 6.45) is 1.34. The Balaban J connectivity index is 1.00. The maximum Gasteiger partial charge on any atom is 0.251 e. The van der Waals surface area contributed by atoms with Gasteiger partial charge in [0.25, 0.3) is 5.91 Å². The molecule has 9 nitrogen and oxygen atoms in total. The second-order valence-electron chi connectivity index (χ2n) is 12.5. The summed E-state index contributed by atoms with van der Waals surface area (Å²) in [7, 11) is 0. The number of hydrogen-bond donors (Lipinski definition) is 5. The van der Waals surface area contributed by atoms with E-state index in [2.05, 4.69) is 44.6 Å². The smallest absolute Gasteiger partial charge is 0.251 e. The fourth-order valence-corrected chi connectivity index (χ4v) is 5.71. The molecule has 2 amide bonds. The van der Waals surface area contributed by atoms with Gasteiger partial charge in [-0.2, -0.15) is 0 Å². The molecule has 0 saturated heterocycles. The first-order valence-corrected chi connectivity index (χ1v) is 16.6. The minimum Gasteiger partial charge on any atom is -0.387 e. The zero-order valence-electron chi connectivity index (χ0n) is 28.3. The second-order valence-corrected chi connectivity index (χ2v) is 12.5. The van der Waals surface area contributed by atoms with Gasteiger partial charge in [0.05, 0.1) is 18.6 Å². The third-order valence-corrected chi connectivity index (χ3v) is 8.59. The highest BCUT2D eigenvalue weighted by Crippen LogP contribution is 2.18. The van der Waals surface area contributed by atoms with Crippen molar-refractivity contribution in [1.29, 1.82) is 0 Å². The number of aromatic nitrogens is 2. The second kappa shape index (κ2) is 16.8. The van der Waals surface area contributed by atoms with Gasteiger partial charge in [-0.1, -0.05) is 72.8 Å². The van der Waals surface area contributed by atoms with Gasteiger partial charge in [0.2, 0.25) is 5.91 Å². The summed E-state index contributed by atoms with van der Waals surface area (Å²) in [5.74, 6) is 0.480. The highest BCUT2D eigenvalue weighted by atomic mass is 16.3. The number of hydrogen-bond acceptors (Lipinski definition) is 6. The van der Waals surface area contributed by atoms with Crippen LogP contribution in [-0.4, -0.2) is 50.7 Å². The van der Waals surface area contributed by atoms with E-state index in [1.165, 1.54) is 0 Å². The van der Waals surface area contributed by atoms with Crippen LogP contribution in [0.1, 0.15) is 68.7 Å². The van der Waals surface area contributed by atoms with Gasteiger partial charge in [-0.05, 0) is 79.8 Å². The van der Waals surface area contributed by atoms with Crippen molar-refractivity contribution in [3.05, 3.63) is 154 Å². The molecule has 3 aromatic carbocycles. The van der Waals surface area contributed by atoms with Crippen LogP contribution >= 0.6 is 0 Å². The largest absolute Gasteiger partial charge is 0.387 e. The lowest BCUT2D eigenvalue weighted by molar-refractivity contribution is -0.120. The van der Waals surface area contributed by atoms with E-state index in [1.54, 1.807) is 18.3 Å². The van der Waals surface area contributed by atoms with E-state index in [1.807, 2.05) is 92.7 Å².